The first-order valence-corrected chi connectivity index (χ1v) is 24.7. The summed E-state index contributed by atoms with van der Waals surface area (Å²) in [6.45, 7) is 0.865. The molecular formula is C55H46N6O7S2. The summed E-state index contributed by atoms with van der Waals surface area (Å²) in [6.07, 6.45) is 0.335. The molecule has 4 heterocycles. The van der Waals surface area contributed by atoms with Crippen molar-refractivity contribution in [2.24, 2.45) is 5.16 Å². The van der Waals surface area contributed by atoms with E-state index in [4.69, 9.17) is 19.7 Å². The number of rotatable bonds is 16. The number of oxime groups is 1. The molecule has 15 heteroatoms. The van der Waals surface area contributed by atoms with Gasteiger partial charge in [-0.05, 0) is 23.1 Å². The molecule has 7 aromatic rings. The molecule has 3 aliphatic heterocycles. The highest BCUT2D eigenvalue weighted by atomic mass is 32.2. The number of aliphatic carboxylic acids is 1. The number of thiazole rings is 1. The third kappa shape index (κ3) is 8.58. The van der Waals surface area contributed by atoms with Gasteiger partial charge in [-0.2, -0.15) is 0 Å². The van der Waals surface area contributed by atoms with E-state index in [2.05, 4.69) is 47.0 Å². The molecule has 0 spiro atoms. The largest absolute Gasteiger partial charge is 0.477 e. The molecule has 70 heavy (non-hydrogen) atoms. The van der Waals surface area contributed by atoms with Crippen LogP contribution in [0.3, 0.4) is 0 Å². The van der Waals surface area contributed by atoms with Gasteiger partial charge in [0.15, 0.2) is 10.8 Å². The maximum atomic E-state index is 15.1. The fraction of sp³-hybridized carbons (Fsp3) is 0.164. The van der Waals surface area contributed by atoms with Gasteiger partial charge in [0.1, 0.15) is 35.0 Å². The molecule has 2 fully saturated rings. The van der Waals surface area contributed by atoms with Crippen molar-refractivity contribution in [1.82, 2.24) is 20.1 Å². The zero-order valence-electron chi connectivity index (χ0n) is 37.6. The highest BCUT2D eigenvalue weighted by Crippen LogP contribution is 2.44. The number of nitrogens with zero attached hydrogens (tertiary/aromatic N) is 4. The summed E-state index contributed by atoms with van der Waals surface area (Å²) < 4.78 is 5.44. The lowest BCUT2D eigenvalue weighted by molar-refractivity contribution is -0.150. The highest BCUT2D eigenvalue weighted by molar-refractivity contribution is 8.00. The van der Waals surface area contributed by atoms with E-state index in [-0.39, 0.29) is 35.0 Å². The van der Waals surface area contributed by atoms with Crippen molar-refractivity contribution in [1.29, 1.82) is 0 Å². The number of aromatic nitrogens is 1. The van der Waals surface area contributed by atoms with Crippen LogP contribution in [0.15, 0.2) is 204 Å². The van der Waals surface area contributed by atoms with Crippen LogP contribution >= 0.6 is 23.1 Å². The number of amides is 3. The maximum absolute atomic E-state index is 15.1. The molecule has 350 valence electrons. The van der Waals surface area contributed by atoms with Crippen LogP contribution in [0.25, 0.3) is 0 Å². The van der Waals surface area contributed by atoms with Gasteiger partial charge in [0.2, 0.25) is 5.60 Å². The zero-order chi connectivity index (χ0) is 48.1. The van der Waals surface area contributed by atoms with Gasteiger partial charge in [-0.15, -0.1) is 23.1 Å². The molecule has 1 unspecified atom stereocenters. The molecule has 3 amide bonds. The number of likely N-dealkylation sites (tertiary alicyclic amines) is 1. The van der Waals surface area contributed by atoms with Gasteiger partial charge in [0.05, 0.1) is 0 Å². The number of hydrogen-bond acceptors (Lipinski definition) is 11. The average Bonchev–Trinajstić information content (AvgIpc) is 3.86. The molecule has 2 atom stereocenters. The van der Waals surface area contributed by atoms with Crippen molar-refractivity contribution in [2.45, 2.75) is 29.0 Å². The first-order chi connectivity index (χ1) is 34.3. The SMILES string of the molecule is O=C(O)C1=C(COC(=O)N2CCC2)CS[C@H]2C(NC(=O)/C(=N\OC(c3ccccc3)(c3ccccc3)c3ccccc3)c3csc(NC(c4ccccc4)(c4ccccc4)c4ccccc4)n3)C(=O)N12. The number of fused-ring (bicyclic) bond motifs is 1. The standard InChI is InChI=1S/C55H46N6O7S2/c62-48(57-46-49(63)61-47(51(64)65)37(35-69-50(46)61)34-67-53(66)60-32-19-33-60)45(59-68-55(41-26-13-4-14-27-41,42-28-15-5-16-29-42)43-30-17-6-18-31-43)44-36-70-52(56-44)58-54(38-20-7-1-8-21-38,39-22-9-2-10-23-39)40-24-11-3-12-25-40/h1-18,20-31,36,46,50H,19,32-35H2,(H,56,58)(H,57,62)(H,64,65)/b59-45-/t46?,50-/m0/s1. The zero-order valence-corrected chi connectivity index (χ0v) is 39.2. The normalized spacial score (nSPS) is 16.9. The Morgan fingerprint density at radius 2 is 1.17 bits per heavy atom. The first-order valence-electron chi connectivity index (χ1n) is 22.7. The quantitative estimate of drug-likeness (QED) is 0.0369. The fourth-order valence-corrected chi connectivity index (χ4v) is 11.2. The topological polar surface area (TPSA) is 163 Å². The van der Waals surface area contributed by atoms with Crippen molar-refractivity contribution in [3.63, 3.8) is 0 Å². The van der Waals surface area contributed by atoms with E-state index in [1.54, 1.807) is 5.38 Å². The predicted molar refractivity (Wildman–Crippen MR) is 269 cm³/mol. The Morgan fingerprint density at radius 3 is 1.61 bits per heavy atom. The lowest BCUT2D eigenvalue weighted by Gasteiger charge is -2.49. The molecule has 6 aromatic carbocycles. The number of carboxylic acids is 1. The Labute approximate surface area is 412 Å². The van der Waals surface area contributed by atoms with E-state index in [0.717, 1.165) is 44.7 Å². The minimum atomic E-state index is -1.38. The fourth-order valence-electron chi connectivity index (χ4n) is 9.12. The van der Waals surface area contributed by atoms with E-state index in [0.29, 0.717) is 18.2 Å². The number of anilines is 1. The van der Waals surface area contributed by atoms with Gasteiger partial charge in [0.25, 0.3) is 11.8 Å². The van der Waals surface area contributed by atoms with Crippen LogP contribution < -0.4 is 10.6 Å². The molecule has 0 bridgehead atoms. The molecular weight excluding hydrogens is 921 g/mol. The Bertz CT molecular complexity index is 2870. The van der Waals surface area contributed by atoms with Gasteiger partial charge in [-0.25, -0.2) is 14.6 Å². The summed E-state index contributed by atoms with van der Waals surface area (Å²) in [6, 6.07) is 57.8. The lowest BCUT2D eigenvalue weighted by Crippen LogP contribution is -2.71. The number of carbonyl (C=O) groups excluding carboxylic acids is 3. The molecule has 3 N–H and O–H groups in total. The summed E-state index contributed by atoms with van der Waals surface area (Å²) in [5, 5.41) is 23.2. The molecule has 10 rings (SSSR count). The first kappa shape index (κ1) is 45.8. The molecule has 13 nitrogen and oxygen atoms in total. The molecule has 0 aliphatic carbocycles. The smallest absolute Gasteiger partial charge is 0.410 e. The average molecular weight is 967 g/mol. The number of thioether (sulfide) groups is 1. The monoisotopic (exact) mass is 966 g/mol. The van der Waals surface area contributed by atoms with Crippen molar-refractivity contribution >= 4 is 57.8 Å². The van der Waals surface area contributed by atoms with Crippen molar-refractivity contribution in [3.8, 4) is 0 Å². The van der Waals surface area contributed by atoms with Crippen molar-refractivity contribution in [2.75, 3.05) is 30.8 Å². The number of β-lactam (4-membered cyclic amide) rings is 1. The molecule has 3 aliphatic rings. The van der Waals surface area contributed by atoms with Crippen LogP contribution in [-0.4, -0.2) is 86.3 Å². The number of carboxylic acid groups (broad SMARTS) is 1. The number of ether oxygens (including phenoxy) is 1. The van der Waals surface area contributed by atoms with Gasteiger partial charge in [-0.1, -0.05) is 187 Å². The van der Waals surface area contributed by atoms with Crippen LogP contribution in [0.2, 0.25) is 0 Å². The van der Waals surface area contributed by atoms with E-state index in [9.17, 15) is 19.5 Å². The molecule has 0 saturated carbocycles. The minimum Gasteiger partial charge on any atom is -0.477 e. The molecule has 2 saturated heterocycles. The summed E-state index contributed by atoms with van der Waals surface area (Å²) in [5.41, 5.74) is 2.68. The van der Waals surface area contributed by atoms with E-state index in [1.807, 2.05) is 146 Å². The number of hydrogen-bond donors (Lipinski definition) is 3. The van der Waals surface area contributed by atoms with Gasteiger partial charge < -0.3 is 30.2 Å². The summed E-state index contributed by atoms with van der Waals surface area (Å²) in [7, 11) is 0. The summed E-state index contributed by atoms with van der Waals surface area (Å²) in [5.74, 6) is -2.59. The third-order valence-electron chi connectivity index (χ3n) is 12.7. The Kier molecular flexibility index (Phi) is 13.0. The molecule has 0 radical (unpaired) electrons. The minimum absolute atomic E-state index is 0.153. The maximum Gasteiger partial charge on any atom is 0.410 e. The van der Waals surface area contributed by atoms with Crippen LogP contribution in [0, 0.1) is 0 Å². The number of benzene rings is 6. The van der Waals surface area contributed by atoms with Crippen molar-refractivity contribution in [3.05, 3.63) is 238 Å². The lowest BCUT2D eigenvalue weighted by atomic mass is 9.77. The van der Waals surface area contributed by atoms with Crippen LogP contribution in [0.4, 0.5) is 9.93 Å². The second-order valence-electron chi connectivity index (χ2n) is 16.8. The van der Waals surface area contributed by atoms with E-state index >= 15 is 4.79 Å². The second-order valence-corrected chi connectivity index (χ2v) is 18.8. The third-order valence-corrected chi connectivity index (χ3v) is 14.8. The summed E-state index contributed by atoms with van der Waals surface area (Å²) in [4.78, 5) is 69.0. The summed E-state index contributed by atoms with van der Waals surface area (Å²) >= 11 is 2.54. The number of nitrogens with one attached hydrogen (secondary N) is 2. The van der Waals surface area contributed by atoms with Crippen molar-refractivity contribution < 1.29 is 33.9 Å². The van der Waals surface area contributed by atoms with Gasteiger partial charge >= 0.3 is 12.1 Å². The number of carbonyl (C=O) groups is 4. The van der Waals surface area contributed by atoms with Gasteiger partial charge in [0, 0.05) is 46.5 Å². The highest BCUT2D eigenvalue weighted by Gasteiger charge is 2.55. The van der Waals surface area contributed by atoms with E-state index in [1.165, 1.54) is 28.0 Å². The second kappa shape index (κ2) is 19.9. The Morgan fingerprint density at radius 1 is 0.700 bits per heavy atom. The Hall–Kier alpha value is -8.01. The van der Waals surface area contributed by atoms with Crippen LogP contribution in [0.1, 0.15) is 45.5 Å². The predicted octanol–water partition coefficient (Wildman–Crippen LogP) is 8.84. The van der Waals surface area contributed by atoms with Crippen LogP contribution in [-0.2, 0) is 35.1 Å². The van der Waals surface area contributed by atoms with Gasteiger partial charge in [-0.3, -0.25) is 14.5 Å². The van der Waals surface area contributed by atoms with Crippen LogP contribution in [0.5, 0.6) is 0 Å². The Balaban J connectivity index is 1.05. The molecule has 1 aromatic heterocycles. The van der Waals surface area contributed by atoms with E-state index < -0.39 is 46.4 Å².